The van der Waals surface area contributed by atoms with Crippen LogP contribution in [-0.4, -0.2) is 23.6 Å². The largest absolute Gasteiger partial charge is 0.354 e. The Hall–Kier alpha value is -1.35. The van der Waals surface area contributed by atoms with Gasteiger partial charge in [-0.3, -0.25) is 9.59 Å². The number of nitrogens with one attached hydrogen (secondary N) is 1. The lowest BCUT2D eigenvalue weighted by Crippen LogP contribution is -2.30. The summed E-state index contributed by atoms with van der Waals surface area (Å²) in [5, 5.41) is 2.84. The van der Waals surface area contributed by atoms with E-state index in [1.54, 1.807) is 12.1 Å². The highest BCUT2D eigenvalue weighted by atomic mass is 35.5. The van der Waals surface area contributed by atoms with E-state index in [1.165, 1.54) is 6.92 Å². The molecule has 98 valence electrons. The highest BCUT2D eigenvalue weighted by Crippen LogP contribution is 2.09. The molecule has 0 saturated carbocycles. The second-order valence-corrected chi connectivity index (χ2v) is 4.66. The molecular weight excluding hydrogens is 250 g/mol. The summed E-state index contributed by atoms with van der Waals surface area (Å²) in [7, 11) is 0. The van der Waals surface area contributed by atoms with Gasteiger partial charge in [0.15, 0.2) is 5.78 Å². The van der Waals surface area contributed by atoms with Gasteiger partial charge in [0.05, 0.1) is 5.88 Å². The molecule has 1 aromatic carbocycles. The first-order valence-corrected chi connectivity index (χ1v) is 6.51. The SMILES string of the molecule is CC(=O)N[C@@H](C)CCc1ccc(C(=O)CCl)cc1. The Balaban J connectivity index is 2.49. The molecule has 4 heteroatoms. The average Bonchev–Trinajstić information content (AvgIpc) is 2.35. The van der Waals surface area contributed by atoms with E-state index < -0.39 is 0 Å². The Kier molecular flexibility index (Phi) is 5.86. The third-order valence-corrected chi connectivity index (χ3v) is 2.96. The van der Waals surface area contributed by atoms with Crippen molar-refractivity contribution in [2.24, 2.45) is 0 Å². The molecule has 0 radical (unpaired) electrons. The number of alkyl halides is 1. The first-order chi connectivity index (χ1) is 8.52. The van der Waals surface area contributed by atoms with Crippen LogP contribution in [0.2, 0.25) is 0 Å². The number of benzene rings is 1. The van der Waals surface area contributed by atoms with Crippen molar-refractivity contribution < 1.29 is 9.59 Å². The quantitative estimate of drug-likeness (QED) is 0.636. The van der Waals surface area contributed by atoms with E-state index in [9.17, 15) is 9.59 Å². The third kappa shape index (κ3) is 4.88. The predicted molar refractivity (Wildman–Crippen MR) is 73.1 cm³/mol. The first-order valence-electron chi connectivity index (χ1n) is 5.98. The molecule has 0 spiro atoms. The number of carbonyl (C=O) groups excluding carboxylic acids is 2. The fourth-order valence-corrected chi connectivity index (χ4v) is 1.89. The van der Waals surface area contributed by atoms with Crippen molar-refractivity contribution >= 4 is 23.3 Å². The summed E-state index contributed by atoms with van der Waals surface area (Å²) >= 11 is 5.49. The highest BCUT2D eigenvalue weighted by molar-refractivity contribution is 6.30. The van der Waals surface area contributed by atoms with Crippen LogP contribution < -0.4 is 5.32 Å². The Bertz CT molecular complexity index is 414. The second-order valence-electron chi connectivity index (χ2n) is 4.39. The van der Waals surface area contributed by atoms with Gasteiger partial charge in [0, 0.05) is 18.5 Å². The van der Waals surface area contributed by atoms with Gasteiger partial charge in [-0.1, -0.05) is 24.3 Å². The molecule has 0 fully saturated rings. The van der Waals surface area contributed by atoms with Crippen molar-refractivity contribution in [3.8, 4) is 0 Å². The molecule has 0 aliphatic carbocycles. The number of Topliss-reactive ketones (excluding diaryl/α,β-unsaturated/α-hetero) is 1. The zero-order chi connectivity index (χ0) is 13.5. The van der Waals surface area contributed by atoms with Crippen molar-refractivity contribution in [3.63, 3.8) is 0 Å². The van der Waals surface area contributed by atoms with E-state index in [2.05, 4.69) is 5.32 Å². The summed E-state index contributed by atoms with van der Waals surface area (Å²) in [4.78, 5) is 22.2. The number of aryl methyl sites for hydroxylation is 1. The standard InChI is InChI=1S/C14H18ClNO2/c1-10(16-11(2)17)3-4-12-5-7-13(8-6-12)14(18)9-15/h5-8,10H,3-4,9H2,1-2H3,(H,16,17)/t10-/m0/s1. The normalized spacial score (nSPS) is 11.9. The molecule has 0 aliphatic heterocycles. The Morgan fingerprint density at radius 2 is 1.89 bits per heavy atom. The number of halogens is 1. The Morgan fingerprint density at radius 1 is 1.28 bits per heavy atom. The fourth-order valence-electron chi connectivity index (χ4n) is 1.74. The Morgan fingerprint density at radius 3 is 2.39 bits per heavy atom. The van der Waals surface area contributed by atoms with Gasteiger partial charge in [0.2, 0.25) is 5.91 Å². The number of amides is 1. The van der Waals surface area contributed by atoms with E-state index in [0.29, 0.717) is 5.56 Å². The van der Waals surface area contributed by atoms with E-state index in [4.69, 9.17) is 11.6 Å². The second kappa shape index (κ2) is 7.17. The molecule has 1 rings (SSSR count). The van der Waals surface area contributed by atoms with Crippen LogP contribution in [0.15, 0.2) is 24.3 Å². The highest BCUT2D eigenvalue weighted by Gasteiger charge is 2.06. The zero-order valence-electron chi connectivity index (χ0n) is 10.7. The molecule has 0 saturated heterocycles. The van der Waals surface area contributed by atoms with Crippen LogP contribution >= 0.6 is 11.6 Å². The van der Waals surface area contributed by atoms with Gasteiger partial charge in [-0.25, -0.2) is 0 Å². The molecule has 1 aromatic rings. The van der Waals surface area contributed by atoms with E-state index >= 15 is 0 Å². The number of rotatable bonds is 6. The predicted octanol–water partition coefficient (Wildman–Crippen LogP) is 2.57. The molecule has 1 atom stereocenters. The summed E-state index contributed by atoms with van der Waals surface area (Å²) in [6.07, 6.45) is 1.75. The number of hydrogen-bond acceptors (Lipinski definition) is 2. The fraction of sp³-hybridized carbons (Fsp3) is 0.429. The minimum absolute atomic E-state index is 0.00874. The van der Waals surface area contributed by atoms with Gasteiger partial charge < -0.3 is 5.32 Å². The number of ketones is 1. The van der Waals surface area contributed by atoms with Gasteiger partial charge >= 0.3 is 0 Å². The molecule has 1 N–H and O–H groups in total. The van der Waals surface area contributed by atoms with E-state index in [1.807, 2.05) is 19.1 Å². The van der Waals surface area contributed by atoms with Crippen LogP contribution in [0.25, 0.3) is 0 Å². The van der Waals surface area contributed by atoms with Gasteiger partial charge in [-0.05, 0) is 25.3 Å². The number of carbonyl (C=O) groups is 2. The van der Waals surface area contributed by atoms with E-state index in [0.717, 1.165) is 18.4 Å². The van der Waals surface area contributed by atoms with Gasteiger partial charge in [0.1, 0.15) is 0 Å². The van der Waals surface area contributed by atoms with Gasteiger partial charge in [0.25, 0.3) is 0 Å². The maximum Gasteiger partial charge on any atom is 0.217 e. The lowest BCUT2D eigenvalue weighted by molar-refractivity contribution is -0.119. The molecule has 3 nitrogen and oxygen atoms in total. The van der Waals surface area contributed by atoms with Crippen LogP contribution in [-0.2, 0) is 11.2 Å². The Labute approximate surface area is 113 Å². The molecule has 0 heterocycles. The smallest absolute Gasteiger partial charge is 0.217 e. The topological polar surface area (TPSA) is 46.2 Å². The number of hydrogen-bond donors (Lipinski definition) is 1. The van der Waals surface area contributed by atoms with Gasteiger partial charge in [-0.2, -0.15) is 0 Å². The van der Waals surface area contributed by atoms with Crippen LogP contribution in [0.4, 0.5) is 0 Å². The van der Waals surface area contributed by atoms with Gasteiger partial charge in [-0.15, -0.1) is 11.6 Å². The monoisotopic (exact) mass is 267 g/mol. The molecule has 18 heavy (non-hydrogen) atoms. The first kappa shape index (κ1) is 14.7. The van der Waals surface area contributed by atoms with Crippen molar-refractivity contribution in [1.29, 1.82) is 0 Å². The maximum atomic E-state index is 11.3. The maximum absolute atomic E-state index is 11.3. The summed E-state index contributed by atoms with van der Waals surface area (Å²) in [5.74, 6) is -0.0563. The van der Waals surface area contributed by atoms with Crippen molar-refractivity contribution in [3.05, 3.63) is 35.4 Å². The zero-order valence-corrected chi connectivity index (χ0v) is 11.5. The molecule has 0 unspecified atom stereocenters. The van der Waals surface area contributed by atoms with Crippen LogP contribution in [0.3, 0.4) is 0 Å². The summed E-state index contributed by atoms with van der Waals surface area (Å²) in [6, 6.07) is 7.61. The van der Waals surface area contributed by atoms with Crippen LogP contribution in [0.5, 0.6) is 0 Å². The third-order valence-electron chi connectivity index (χ3n) is 2.71. The average molecular weight is 268 g/mol. The summed E-state index contributed by atoms with van der Waals surface area (Å²) in [6.45, 7) is 3.50. The van der Waals surface area contributed by atoms with Crippen LogP contribution in [0.1, 0.15) is 36.2 Å². The molecule has 0 aromatic heterocycles. The molecule has 0 aliphatic rings. The van der Waals surface area contributed by atoms with Crippen LogP contribution in [0, 0.1) is 0 Å². The lowest BCUT2D eigenvalue weighted by Gasteiger charge is -2.12. The lowest BCUT2D eigenvalue weighted by atomic mass is 10.0. The molecule has 0 bridgehead atoms. The molecule has 1 amide bonds. The van der Waals surface area contributed by atoms with Crippen molar-refractivity contribution in [2.45, 2.75) is 32.7 Å². The summed E-state index contributed by atoms with van der Waals surface area (Å²) < 4.78 is 0. The minimum atomic E-state index is -0.0603. The van der Waals surface area contributed by atoms with E-state index in [-0.39, 0.29) is 23.6 Å². The minimum Gasteiger partial charge on any atom is -0.354 e. The molecular formula is C14H18ClNO2. The van der Waals surface area contributed by atoms with Crippen molar-refractivity contribution in [2.75, 3.05) is 5.88 Å². The summed E-state index contributed by atoms with van der Waals surface area (Å²) in [5.41, 5.74) is 1.79. The van der Waals surface area contributed by atoms with Crippen molar-refractivity contribution in [1.82, 2.24) is 5.32 Å².